The maximum absolute atomic E-state index is 3.57. The van der Waals surface area contributed by atoms with Crippen molar-refractivity contribution >= 4 is 0 Å². The summed E-state index contributed by atoms with van der Waals surface area (Å²) < 4.78 is 0. The van der Waals surface area contributed by atoms with E-state index in [-0.39, 0.29) is 0 Å². The van der Waals surface area contributed by atoms with Gasteiger partial charge in [-0.25, -0.2) is 0 Å². The van der Waals surface area contributed by atoms with Crippen LogP contribution >= 0.6 is 0 Å². The Balaban J connectivity index is 2.15. The molecule has 0 unspecified atom stereocenters. The van der Waals surface area contributed by atoms with Crippen molar-refractivity contribution in [1.29, 1.82) is 0 Å². The quantitative estimate of drug-likeness (QED) is 0.684. The molecule has 2 nitrogen and oxygen atoms in total. The van der Waals surface area contributed by atoms with E-state index >= 15 is 0 Å². The monoisotopic (exact) mass is 226 g/mol. The lowest BCUT2D eigenvalue weighted by molar-refractivity contribution is 0.197. The zero-order chi connectivity index (χ0) is 12.2. The van der Waals surface area contributed by atoms with Crippen molar-refractivity contribution < 1.29 is 0 Å². The average Bonchev–Trinajstić information content (AvgIpc) is 2.85. The number of hydrogen-bond donors (Lipinski definition) is 1. The van der Waals surface area contributed by atoms with Crippen LogP contribution in [0.15, 0.2) is 0 Å². The summed E-state index contributed by atoms with van der Waals surface area (Å²) in [4.78, 5) is 2.51. The second-order valence-corrected chi connectivity index (χ2v) is 6.83. The first-order valence-corrected chi connectivity index (χ1v) is 6.78. The number of nitrogens with one attached hydrogen (secondary N) is 1. The van der Waals surface area contributed by atoms with Gasteiger partial charge in [-0.3, -0.25) is 0 Å². The molecule has 0 aromatic carbocycles. The molecule has 0 radical (unpaired) electrons. The van der Waals surface area contributed by atoms with Crippen molar-refractivity contribution in [3.63, 3.8) is 0 Å². The fourth-order valence-electron chi connectivity index (χ4n) is 2.29. The molecule has 0 atom stereocenters. The summed E-state index contributed by atoms with van der Waals surface area (Å²) in [7, 11) is 2.27. The van der Waals surface area contributed by atoms with E-state index in [9.17, 15) is 0 Å². The minimum Gasteiger partial charge on any atom is -0.316 e. The molecule has 1 aliphatic rings. The van der Waals surface area contributed by atoms with Gasteiger partial charge in [-0.05, 0) is 43.7 Å². The van der Waals surface area contributed by atoms with Crippen LogP contribution in [-0.4, -0.2) is 38.1 Å². The van der Waals surface area contributed by atoms with Crippen LogP contribution in [0.3, 0.4) is 0 Å². The molecule has 1 saturated carbocycles. The zero-order valence-corrected chi connectivity index (χ0v) is 11.8. The predicted molar refractivity (Wildman–Crippen MR) is 71.7 cm³/mol. The van der Waals surface area contributed by atoms with Gasteiger partial charge in [-0.1, -0.05) is 27.7 Å². The molecular formula is C14H30N2. The minimum atomic E-state index is 0.387. The molecule has 1 N–H and O–H groups in total. The van der Waals surface area contributed by atoms with E-state index in [2.05, 4.69) is 45.0 Å². The van der Waals surface area contributed by atoms with Crippen LogP contribution in [0.25, 0.3) is 0 Å². The normalized spacial score (nSPS) is 17.4. The maximum Gasteiger partial charge on any atom is 0.00419 e. The summed E-state index contributed by atoms with van der Waals surface area (Å²) in [5.74, 6) is 1.75. The van der Waals surface area contributed by atoms with Gasteiger partial charge in [0.2, 0.25) is 0 Å². The van der Waals surface area contributed by atoms with Crippen LogP contribution in [0.1, 0.15) is 40.5 Å². The zero-order valence-electron chi connectivity index (χ0n) is 11.8. The van der Waals surface area contributed by atoms with Crippen LogP contribution in [0.2, 0.25) is 0 Å². The van der Waals surface area contributed by atoms with E-state index < -0.39 is 0 Å². The molecule has 1 fully saturated rings. The molecule has 96 valence electrons. The first-order valence-electron chi connectivity index (χ1n) is 6.78. The topological polar surface area (TPSA) is 15.3 Å². The van der Waals surface area contributed by atoms with Gasteiger partial charge in [-0.2, -0.15) is 0 Å². The Morgan fingerprint density at radius 3 is 2.44 bits per heavy atom. The van der Waals surface area contributed by atoms with Gasteiger partial charge in [0.25, 0.3) is 0 Å². The van der Waals surface area contributed by atoms with Crippen molar-refractivity contribution in [2.75, 3.05) is 33.2 Å². The molecule has 0 spiro atoms. The SMILES string of the molecule is CC(C)CNCC(C)(C)CN(C)CC1CC1. The van der Waals surface area contributed by atoms with E-state index in [0.717, 1.165) is 24.9 Å². The van der Waals surface area contributed by atoms with Crippen molar-refractivity contribution in [3.8, 4) is 0 Å². The van der Waals surface area contributed by atoms with E-state index in [1.165, 1.54) is 25.9 Å². The third-order valence-electron chi connectivity index (χ3n) is 3.12. The Morgan fingerprint density at radius 1 is 1.31 bits per heavy atom. The van der Waals surface area contributed by atoms with Gasteiger partial charge in [0, 0.05) is 19.6 Å². The molecule has 16 heavy (non-hydrogen) atoms. The van der Waals surface area contributed by atoms with E-state index in [4.69, 9.17) is 0 Å². The summed E-state index contributed by atoms with van der Waals surface area (Å²) in [6.07, 6.45) is 2.91. The highest BCUT2D eigenvalue weighted by Gasteiger charge is 2.26. The summed E-state index contributed by atoms with van der Waals surface area (Å²) in [6.45, 7) is 14.0. The molecule has 0 aromatic rings. The van der Waals surface area contributed by atoms with Crippen molar-refractivity contribution in [3.05, 3.63) is 0 Å². The largest absolute Gasteiger partial charge is 0.316 e. The fourth-order valence-corrected chi connectivity index (χ4v) is 2.29. The highest BCUT2D eigenvalue weighted by atomic mass is 15.1. The summed E-state index contributed by atoms with van der Waals surface area (Å²) in [6, 6.07) is 0. The standard InChI is InChI=1S/C14H30N2/c1-12(2)8-15-10-14(3,4)11-16(5)9-13-6-7-13/h12-13,15H,6-11H2,1-5H3. The molecule has 0 aromatic heterocycles. The van der Waals surface area contributed by atoms with E-state index in [0.29, 0.717) is 5.41 Å². The summed E-state index contributed by atoms with van der Waals surface area (Å²) >= 11 is 0. The van der Waals surface area contributed by atoms with Gasteiger partial charge in [0.05, 0.1) is 0 Å². The smallest absolute Gasteiger partial charge is 0.00419 e. The van der Waals surface area contributed by atoms with Crippen LogP contribution in [-0.2, 0) is 0 Å². The molecule has 2 heteroatoms. The number of nitrogens with zero attached hydrogens (tertiary/aromatic N) is 1. The molecule has 1 rings (SSSR count). The van der Waals surface area contributed by atoms with Crippen LogP contribution < -0.4 is 5.32 Å². The Labute approximate surface area is 102 Å². The Morgan fingerprint density at radius 2 is 1.94 bits per heavy atom. The van der Waals surface area contributed by atoms with Crippen molar-refractivity contribution in [2.24, 2.45) is 17.3 Å². The molecule has 0 heterocycles. The first-order chi connectivity index (χ1) is 7.39. The highest BCUT2D eigenvalue weighted by molar-refractivity contribution is 4.80. The van der Waals surface area contributed by atoms with Gasteiger partial charge >= 0.3 is 0 Å². The third kappa shape index (κ3) is 6.49. The molecular weight excluding hydrogens is 196 g/mol. The fraction of sp³-hybridized carbons (Fsp3) is 1.00. The van der Waals surface area contributed by atoms with Crippen LogP contribution in [0.5, 0.6) is 0 Å². The third-order valence-corrected chi connectivity index (χ3v) is 3.12. The molecule has 0 amide bonds. The van der Waals surface area contributed by atoms with E-state index in [1.807, 2.05) is 0 Å². The van der Waals surface area contributed by atoms with Crippen LogP contribution in [0, 0.1) is 17.3 Å². The van der Waals surface area contributed by atoms with Gasteiger partial charge in [0.15, 0.2) is 0 Å². The lowest BCUT2D eigenvalue weighted by atomic mass is 9.92. The number of rotatable bonds is 8. The molecule has 0 saturated heterocycles. The van der Waals surface area contributed by atoms with E-state index in [1.54, 1.807) is 0 Å². The maximum atomic E-state index is 3.57. The van der Waals surface area contributed by atoms with Crippen LogP contribution in [0.4, 0.5) is 0 Å². The lowest BCUT2D eigenvalue weighted by Crippen LogP contribution is -2.40. The Hall–Kier alpha value is -0.0800. The predicted octanol–water partition coefficient (Wildman–Crippen LogP) is 2.60. The Kier molecular flexibility index (Phi) is 5.26. The van der Waals surface area contributed by atoms with Gasteiger partial charge in [-0.15, -0.1) is 0 Å². The van der Waals surface area contributed by atoms with Gasteiger partial charge < -0.3 is 10.2 Å². The second kappa shape index (κ2) is 6.02. The lowest BCUT2D eigenvalue weighted by Gasteiger charge is -2.31. The molecule has 0 bridgehead atoms. The average molecular weight is 226 g/mol. The first kappa shape index (κ1) is 14.0. The van der Waals surface area contributed by atoms with Gasteiger partial charge in [0.1, 0.15) is 0 Å². The molecule has 1 aliphatic carbocycles. The van der Waals surface area contributed by atoms with Crippen molar-refractivity contribution in [2.45, 2.75) is 40.5 Å². The Bertz CT molecular complexity index is 195. The summed E-state index contributed by atoms with van der Waals surface area (Å²) in [5, 5.41) is 3.57. The minimum absolute atomic E-state index is 0.387. The highest BCUT2D eigenvalue weighted by Crippen LogP contribution is 2.30. The van der Waals surface area contributed by atoms with Crippen molar-refractivity contribution in [1.82, 2.24) is 10.2 Å². The summed E-state index contributed by atoms with van der Waals surface area (Å²) in [5.41, 5.74) is 0.387. The number of hydrogen-bond acceptors (Lipinski definition) is 2. The molecule has 0 aliphatic heterocycles. The second-order valence-electron chi connectivity index (χ2n) is 6.83.